The van der Waals surface area contributed by atoms with Crippen LogP contribution in [0.2, 0.25) is 0 Å². The molecule has 1 aliphatic heterocycles. The minimum Gasteiger partial charge on any atom is -0.396 e. The van der Waals surface area contributed by atoms with E-state index in [9.17, 15) is 0 Å². The van der Waals surface area contributed by atoms with Crippen LogP contribution in [-0.2, 0) is 6.42 Å². The average molecular weight is 250 g/mol. The van der Waals surface area contributed by atoms with Crippen molar-refractivity contribution in [2.45, 2.75) is 32.6 Å². The Balaban J connectivity index is 2.18. The molecule has 1 saturated heterocycles. The highest BCUT2D eigenvalue weighted by atomic mass is 16.3. The van der Waals surface area contributed by atoms with Gasteiger partial charge in [-0.05, 0) is 31.6 Å². The second kappa shape index (κ2) is 6.00. The molecule has 0 amide bonds. The summed E-state index contributed by atoms with van der Waals surface area (Å²) in [4.78, 5) is 10.8. The van der Waals surface area contributed by atoms with E-state index in [-0.39, 0.29) is 6.61 Å². The van der Waals surface area contributed by atoms with E-state index in [0.29, 0.717) is 11.7 Å². The van der Waals surface area contributed by atoms with Gasteiger partial charge >= 0.3 is 0 Å². The van der Waals surface area contributed by atoms with Gasteiger partial charge in [0.15, 0.2) is 0 Å². The Morgan fingerprint density at radius 3 is 3.06 bits per heavy atom. The molecule has 0 bridgehead atoms. The van der Waals surface area contributed by atoms with Crippen LogP contribution in [0.5, 0.6) is 0 Å². The summed E-state index contributed by atoms with van der Waals surface area (Å²) in [5.74, 6) is 2.13. The van der Waals surface area contributed by atoms with Crippen molar-refractivity contribution < 1.29 is 5.11 Å². The van der Waals surface area contributed by atoms with E-state index in [1.54, 1.807) is 6.33 Å². The Hall–Kier alpha value is -1.36. The number of nitrogen functional groups attached to an aromatic ring is 1. The summed E-state index contributed by atoms with van der Waals surface area (Å²) in [6.45, 7) is 4.33. The first kappa shape index (κ1) is 13.1. The molecule has 18 heavy (non-hydrogen) atoms. The van der Waals surface area contributed by atoms with Gasteiger partial charge in [0, 0.05) is 25.3 Å². The van der Waals surface area contributed by atoms with Gasteiger partial charge in [-0.3, -0.25) is 0 Å². The molecule has 0 radical (unpaired) electrons. The number of aromatic nitrogens is 2. The molecule has 0 saturated carbocycles. The summed E-state index contributed by atoms with van der Waals surface area (Å²) in [6.07, 6.45) is 5.61. The lowest BCUT2D eigenvalue weighted by Crippen LogP contribution is -2.37. The zero-order valence-corrected chi connectivity index (χ0v) is 11.0. The van der Waals surface area contributed by atoms with E-state index in [1.807, 2.05) is 0 Å². The zero-order valence-electron chi connectivity index (χ0n) is 11.0. The molecule has 1 aliphatic rings. The van der Waals surface area contributed by atoms with Gasteiger partial charge in [0.1, 0.15) is 18.0 Å². The molecule has 2 heterocycles. The third-order valence-electron chi connectivity index (χ3n) is 3.67. The van der Waals surface area contributed by atoms with Crippen LogP contribution in [-0.4, -0.2) is 34.8 Å². The minimum absolute atomic E-state index is 0.269. The molecule has 5 nitrogen and oxygen atoms in total. The first-order valence-electron chi connectivity index (χ1n) is 6.71. The zero-order chi connectivity index (χ0) is 13.0. The van der Waals surface area contributed by atoms with Crippen molar-refractivity contribution in [2.75, 3.05) is 30.3 Å². The number of hydrogen-bond acceptors (Lipinski definition) is 5. The Bertz CT molecular complexity index is 395. The molecule has 0 spiro atoms. The lowest BCUT2D eigenvalue weighted by Gasteiger charge is -2.34. The second-order valence-electron chi connectivity index (χ2n) is 4.88. The highest BCUT2D eigenvalue weighted by molar-refractivity contribution is 5.56. The van der Waals surface area contributed by atoms with Crippen LogP contribution in [0.1, 0.15) is 31.7 Å². The minimum atomic E-state index is 0.269. The predicted octanol–water partition coefficient (Wildman–Crippen LogP) is 1.22. The van der Waals surface area contributed by atoms with Gasteiger partial charge < -0.3 is 15.7 Å². The maximum Gasteiger partial charge on any atom is 0.137 e. The van der Waals surface area contributed by atoms with Gasteiger partial charge in [-0.25, -0.2) is 9.97 Å². The summed E-state index contributed by atoms with van der Waals surface area (Å²) >= 11 is 0. The topological polar surface area (TPSA) is 75.3 Å². The first-order valence-corrected chi connectivity index (χ1v) is 6.71. The van der Waals surface area contributed by atoms with Crippen LogP contribution in [0.4, 0.5) is 11.6 Å². The van der Waals surface area contributed by atoms with Gasteiger partial charge in [-0.1, -0.05) is 6.92 Å². The highest BCUT2D eigenvalue weighted by Gasteiger charge is 2.22. The van der Waals surface area contributed by atoms with Crippen molar-refractivity contribution in [1.29, 1.82) is 0 Å². The molecule has 5 heteroatoms. The summed E-state index contributed by atoms with van der Waals surface area (Å²) in [6, 6.07) is 0. The van der Waals surface area contributed by atoms with E-state index < -0.39 is 0 Å². The Morgan fingerprint density at radius 2 is 2.33 bits per heavy atom. The van der Waals surface area contributed by atoms with Crippen molar-refractivity contribution in [3.8, 4) is 0 Å². The van der Waals surface area contributed by atoms with Crippen molar-refractivity contribution in [3.63, 3.8) is 0 Å². The number of aliphatic hydroxyl groups is 1. The van der Waals surface area contributed by atoms with E-state index in [0.717, 1.165) is 43.7 Å². The normalized spacial score (nSPS) is 20.1. The number of rotatable bonds is 4. The molecule has 1 fully saturated rings. The van der Waals surface area contributed by atoms with Crippen molar-refractivity contribution in [3.05, 3.63) is 11.9 Å². The molecule has 1 unspecified atom stereocenters. The molecule has 100 valence electrons. The van der Waals surface area contributed by atoms with Gasteiger partial charge in [0.25, 0.3) is 0 Å². The maximum atomic E-state index is 9.06. The summed E-state index contributed by atoms with van der Waals surface area (Å²) in [7, 11) is 0. The van der Waals surface area contributed by atoms with Crippen LogP contribution in [0.25, 0.3) is 0 Å². The number of hydrogen-bond donors (Lipinski definition) is 2. The van der Waals surface area contributed by atoms with Crippen LogP contribution >= 0.6 is 0 Å². The summed E-state index contributed by atoms with van der Waals surface area (Å²) in [5.41, 5.74) is 6.96. The van der Waals surface area contributed by atoms with Gasteiger partial charge in [-0.15, -0.1) is 0 Å². The van der Waals surface area contributed by atoms with Crippen LogP contribution in [0, 0.1) is 5.92 Å². The third kappa shape index (κ3) is 2.72. The standard InChI is InChI=1S/C13H22N4O/c1-2-11-12(14)15-9-16-13(11)17-6-3-4-10(8-17)5-7-18/h9-10,18H,2-8H2,1H3,(H2,14,15,16). The molecular weight excluding hydrogens is 228 g/mol. The molecule has 0 aromatic carbocycles. The van der Waals surface area contributed by atoms with Crippen LogP contribution in [0.15, 0.2) is 6.33 Å². The van der Waals surface area contributed by atoms with E-state index in [1.165, 1.54) is 6.42 Å². The largest absolute Gasteiger partial charge is 0.396 e. The molecule has 1 aromatic heterocycles. The lowest BCUT2D eigenvalue weighted by molar-refractivity contribution is 0.244. The van der Waals surface area contributed by atoms with Crippen LogP contribution < -0.4 is 10.6 Å². The summed E-state index contributed by atoms with van der Waals surface area (Å²) < 4.78 is 0. The van der Waals surface area contributed by atoms with Crippen molar-refractivity contribution >= 4 is 11.6 Å². The number of piperidine rings is 1. The van der Waals surface area contributed by atoms with Gasteiger partial charge in [0.2, 0.25) is 0 Å². The second-order valence-corrected chi connectivity index (χ2v) is 4.88. The monoisotopic (exact) mass is 250 g/mol. The fraction of sp³-hybridized carbons (Fsp3) is 0.692. The Labute approximate surface area is 108 Å². The Morgan fingerprint density at radius 1 is 1.50 bits per heavy atom. The average Bonchev–Trinajstić information content (AvgIpc) is 2.39. The molecule has 0 aliphatic carbocycles. The maximum absolute atomic E-state index is 9.06. The lowest BCUT2D eigenvalue weighted by atomic mass is 9.95. The quantitative estimate of drug-likeness (QED) is 0.840. The number of anilines is 2. The predicted molar refractivity (Wildman–Crippen MR) is 72.5 cm³/mol. The summed E-state index contributed by atoms with van der Waals surface area (Å²) in [5, 5.41) is 9.06. The molecule has 1 atom stereocenters. The van der Waals surface area contributed by atoms with Gasteiger partial charge in [-0.2, -0.15) is 0 Å². The first-order chi connectivity index (χ1) is 8.76. The molecular formula is C13H22N4O. The van der Waals surface area contributed by atoms with Crippen LogP contribution in [0.3, 0.4) is 0 Å². The molecule has 3 N–H and O–H groups in total. The fourth-order valence-corrected chi connectivity index (χ4v) is 2.70. The van der Waals surface area contributed by atoms with E-state index >= 15 is 0 Å². The molecule has 2 rings (SSSR count). The van der Waals surface area contributed by atoms with Gasteiger partial charge in [0.05, 0.1) is 0 Å². The molecule has 1 aromatic rings. The number of nitrogens with zero attached hydrogens (tertiary/aromatic N) is 3. The third-order valence-corrected chi connectivity index (χ3v) is 3.67. The van der Waals surface area contributed by atoms with Crippen molar-refractivity contribution in [2.24, 2.45) is 5.92 Å². The van der Waals surface area contributed by atoms with E-state index in [4.69, 9.17) is 10.8 Å². The Kier molecular flexibility index (Phi) is 4.36. The smallest absolute Gasteiger partial charge is 0.137 e. The SMILES string of the molecule is CCc1c(N)ncnc1N1CCCC(CCO)C1. The number of aliphatic hydroxyl groups excluding tert-OH is 1. The van der Waals surface area contributed by atoms with E-state index in [2.05, 4.69) is 21.8 Å². The fourth-order valence-electron chi connectivity index (χ4n) is 2.70. The number of nitrogens with two attached hydrogens (primary N) is 1. The van der Waals surface area contributed by atoms with Crippen molar-refractivity contribution in [1.82, 2.24) is 9.97 Å². The highest BCUT2D eigenvalue weighted by Crippen LogP contribution is 2.27.